The largest absolute Gasteiger partial charge is 0.456 e. The first-order chi connectivity index (χ1) is 15.4. The Morgan fingerprint density at radius 2 is 1.47 bits per heavy atom. The van der Waals surface area contributed by atoms with Gasteiger partial charge in [0.05, 0.1) is 11.4 Å². The zero-order chi connectivity index (χ0) is 22.0. The van der Waals surface area contributed by atoms with Crippen molar-refractivity contribution in [2.45, 2.75) is 33.1 Å². The smallest absolute Gasteiger partial charge is 0.141 e. The molecular formula is C29H24N2O. The average Bonchev–Trinajstić information content (AvgIpc) is 3.02. The highest BCUT2D eigenvalue weighted by molar-refractivity contribution is 6.01. The summed E-state index contributed by atoms with van der Waals surface area (Å²) in [5.74, 6) is 1.77. The summed E-state index contributed by atoms with van der Waals surface area (Å²) in [4.78, 5) is 9.72. The van der Waals surface area contributed by atoms with Crippen LogP contribution in [0, 0.1) is 13.8 Å². The normalized spacial score (nSPS) is 14.6. The maximum absolute atomic E-state index is 6.70. The summed E-state index contributed by atoms with van der Waals surface area (Å²) in [6.45, 7) is 8.60. The highest BCUT2D eigenvalue weighted by Gasteiger charge is 2.37. The third kappa shape index (κ3) is 2.67. The fourth-order valence-corrected chi connectivity index (χ4v) is 5.00. The third-order valence-electron chi connectivity index (χ3n) is 6.49. The number of hydrogen-bond acceptors (Lipinski definition) is 3. The van der Waals surface area contributed by atoms with Crippen LogP contribution in [-0.4, -0.2) is 11.2 Å². The molecule has 2 aliphatic heterocycles. The van der Waals surface area contributed by atoms with Gasteiger partial charge in [-0.1, -0.05) is 62.4 Å². The van der Waals surface area contributed by atoms with Crippen LogP contribution < -0.4 is 4.74 Å². The van der Waals surface area contributed by atoms with Crippen molar-refractivity contribution >= 4 is 11.9 Å². The Bertz CT molecular complexity index is 1450. The topological polar surface area (TPSA) is 34.5 Å². The van der Waals surface area contributed by atoms with Gasteiger partial charge in [-0.15, -0.1) is 0 Å². The molecular weight excluding hydrogens is 392 g/mol. The average molecular weight is 417 g/mol. The second kappa shape index (κ2) is 6.64. The van der Waals surface area contributed by atoms with E-state index in [1.807, 2.05) is 18.5 Å². The fourth-order valence-electron chi connectivity index (χ4n) is 5.00. The lowest BCUT2D eigenvalue weighted by molar-refractivity contribution is 0.475. The molecule has 32 heavy (non-hydrogen) atoms. The van der Waals surface area contributed by atoms with Gasteiger partial charge in [0.15, 0.2) is 0 Å². The van der Waals surface area contributed by atoms with Crippen LogP contribution >= 0.6 is 0 Å². The van der Waals surface area contributed by atoms with E-state index in [0.29, 0.717) is 0 Å². The van der Waals surface area contributed by atoms with Crippen molar-refractivity contribution in [3.8, 4) is 45.0 Å². The maximum atomic E-state index is 6.70. The van der Waals surface area contributed by atoms with Gasteiger partial charge in [0.1, 0.15) is 11.5 Å². The number of ether oxygens (including phenoxy) is 1. The molecule has 2 aliphatic rings. The van der Waals surface area contributed by atoms with Crippen molar-refractivity contribution < 1.29 is 4.74 Å². The second-order valence-corrected chi connectivity index (χ2v) is 9.33. The Labute approximate surface area is 188 Å². The van der Waals surface area contributed by atoms with Crippen molar-refractivity contribution in [2.24, 2.45) is 4.99 Å². The molecule has 0 radical (unpaired) electrons. The number of fused-ring (bicyclic) bond motifs is 7. The van der Waals surface area contributed by atoms with E-state index in [1.165, 1.54) is 11.1 Å². The molecule has 0 unspecified atom stereocenters. The van der Waals surface area contributed by atoms with Crippen molar-refractivity contribution in [3.05, 3.63) is 83.6 Å². The van der Waals surface area contributed by atoms with Crippen molar-refractivity contribution in [3.63, 3.8) is 0 Å². The quantitative estimate of drug-likeness (QED) is 0.279. The van der Waals surface area contributed by atoms with Crippen LogP contribution in [-0.2, 0) is 5.41 Å². The molecule has 3 nitrogen and oxygen atoms in total. The molecule has 0 aliphatic carbocycles. The lowest BCUT2D eigenvalue weighted by atomic mass is 9.81. The highest BCUT2D eigenvalue weighted by atomic mass is 16.5. The van der Waals surface area contributed by atoms with E-state index in [4.69, 9.17) is 14.7 Å². The number of hydrogen-bond donors (Lipinski definition) is 0. The maximum Gasteiger partial charge on any atom is 0.141 e. The molecule has 0 saturated heterocycles. The third-order valence-corrected chi connectivity index (χ3v) is 6.49. The Morgan fingerprint density at radius 3 is 2.22 bits per heavy atom. The molecule has 0 amide bonds. The molecule has 3 heterocycles. The fraction of sp³-hybridized carbons (Fsp3) is 0.172. The summed E-state index contributed by atoms with van der Waals surface area (Å²) in [6, 6.07) is 21.2. The molecule has 1 aromatic heterocycles. The zero-order valence-electron chi connectivity index (χ0n) is 18.7. The van der Waals surface area contributed by atoms with Crippen LogP contribution in [0.25, 0.3) is 33.5 Å². The summed E-state index contributed by atoms with van der Waals surface area (Å²) >= 11 is 0. The van der Waals surface area contributed by atoms with Gasteiger partial charge in [0.25, 0.3) is 0 Å². The Hall–Kier alpha value is -3.72. The van der Waals surface area contributed by atoms with Gasteiger partial charge in [-0.05, 0) is 48.2 Å². The second-order valence-electron chi connectivity index (χ2n) is 9.33. The van der Waals surface area contributed by atoms with E-state index in [9.17, 15) is 0 Å². The first kappa shape index (κ1) is 19.0. The van der Waals surface area contributed by atoms with Gasteiger partial charge >= 0.3 is 0 Å². The molecule has 0 N–H and O–H groups in total. The van der Waals surface area contributed by atoms with Gasteiger partial charge in [0.2, 0.25) is 0 Å². The summed E-state index contributed by atoms with van der Waals surface area (Å²) < 4.78 is 6.70. The number of para-hydroxylation sites is 1. The van der Waals surface area contributed by atoms with Gasteiger partial charge < -0.3 is 4.74 Å². The number of aliphatic imine (C=N–C) groups is 1. The minimum absolute atomic E-state index is 0.248. The number of nitrogens with zero attached hydrogens (tertiary/aromatic N) is 2. The van der Waals surface area contributed by atoms with Crippen LogP contribution in [0.3, 0.4) is 0 Å². The van der Waals surface area contributed by atoms with E-state index < -0.39 is 0 Å². The molecule has 0 spiro atoms. The lowest BCUT2D eigenvalue weighted by Gasteiger charge is -2.24. The van der Waals surface area contributed by atoms with E-state index in [1.54, 1.807) is 0 Å². The van der Waals surface area contributed by atoms with Crippen LogP contribution in [0.2, 0.25) is 0 Å². The summed E-state index contributed by atoms with van der Waals surface area (Å²) in [5.41, 5.74) is 10.7. The first-order valence-corrected chi connectivity index (χ1v) is 11.0. The van der Waals surface area contributed by atoms with E-state index >= 15 is 0 Å². The minimum atomic E-state index is -0.248. The van der Waals surface area contributed by atoms with Gasteiger partial charge in [0, 0.05) is 40.1 Å². The van der Waals surface area contributed by atoms with Gasteiger partial charge in [-0.2, -0.15) is 0 Å². The summed E-state index contributed by atoms with van der Waals surface area (Å²) in [5, 5.41) is 0. The van der Waals surface area contributed by atoms with E-state index in [-0.39, 0.29) is 5.41 Å². The minimum Gasteiger partial charge on any atom is -0.456 e. The Kier molecular flexibility index (Phi) is 3.94. The zero-order valence-corrected chi connectivity index (χ0v) is 18.7. The molecule has 156 valence electrons. The standard InChI is InChI=1S/C29H24N2O/c1-17-13-18(2)26(30-15-17)23-14-22-20-10-6-5-9-19(20)21-11-7-8-12-24(21)32-28(22)25-27(23)31-16-29(25,3)4/h5-16H,1-4H3. The number of aromatic nitrogens is 1. The molecule has 3 heteroatoms. The van der Waals surface area contributed by atoms with Crippen molar-refractivity contribution in [1.82, 2.24) is 4.98 Å². The molecule has 0 bridgehead atoms. The first-order valence-electron chi connectivity index (χ1n) is 11.0. The number of aryl methyl sites for hydroxylation is 2. The van der Waals surface area contributed by atoms with Crippen molar-refractivity contribution in [1.29, 1.82) is 0 Å². The molecule has 4 aromatic rings. The Morgan fingerprint density at radius 1 is 0.781 bits per heavy atom. The van der Waals surface area contributed by atoms with Gasteiger partial charge in [-0.25, -0.2) is 0 Å². The molecule has 0 fully saturated rings. The van der Waals surface area contributed by atoms with Crippen molar-refractivity contribution in [2.75, 3.05) is 0 Å². The number of pyridine rings is 1. The monoisotopic (exact) mass is 416 g/mol. The van der Waals surface area contributed by atoms with Crippen LogP contribution in [0.1, 0.15) is 30.5 Å². The summed E-state index contributed by atoms with van der Waals surface area (Å²) in [6.07, 6.45) is 3.97. The van der Waals surface area contributed by atoms with Crippen LogP contribution in [0.4, 0.5) is 5.69 Å². The predicted molar refractivity (Wildman–Crippen MR) is 131 cm³/mol. The molecule has 3 aromatic carbocycles. The summed E-state index contributed by atoms with van der Waals surface area (Å²) in [7, 11) is 0. The predicted octanol–water partition coefficient (Wildman–Crippen LogP) is 7.80. The highest BCUT2D eigenvalue weighted by Crippen LogP contribution is 2.56. The van der Waals surface area contributed by atoms with E-state index in [0.717, 1.165) is 56.3 Å². The SMILES string of the molecule is Cc1cnc(-c2cc3c(c4c2N=CC4(C)C)Oc2ccccc2-c2ccccc2-3)c(C)c1. The number of rotatable bonds is 1. The van der Waals surface area contributed by atoms with Crippen LogP contribution in [0.15, 0.2) is 71.9 Å². The number of benzene rings is 3. The van der Waals surface area contributed by atoms with Crippen LogP contribution in [0.5, 0.6) is 11.5 Å². The lowest BCUT2D eigenvalue weighted by Crippen LogP contribution is -2.16. The molecule has 6 rings (SSSR count). The molecule has 0 atom stereocenters. The Balaban J connectivity index is 1.75. The molecule has 0 saturated carbocycles. The van der Waals surface area contributed by atoms with E-state index in [2.05, 4.69) is 82.3 Å². The van der Waals surface area contributed by atoms with Gasteiger partial charge in [-0.3, -0.25) is 9.98 Å².